The van der Waals surface area contributed by atoms with Crippen LogP contribution < -0.4 is 21.2 Å². The number of carbonyl (C=O) groups is 1. The number of nitrogens with zero attached hydrogens (tertiary/aromatic N) is 3. The Bertz CT molecular complexity index is 1760. The van der Waals surface area contributed by atoms with Crippen LogP contribution in [0.25, 0.3) is 11.1 Å². The molecular formula is C28H22N6O3S2. The minimum atomic E-state index is -0.442. The van der Waals surface area contributed by atoms with E-state index in [0.717, 1.165) is 49.5 Å². The smallest absolute Gasteiger partial charge is 0.338 e. The highest BCUT2D eigenvalue weighted by atomic mass is 32.2. The van der Waals surface area contributed by atoms with Gasteiger partial charge in [0.2, 0.25) is 0 Å². The number of carbonyl (C=O) groups excluding carboxylic acids is 1. The quantitative estimate of drug-likeness (QED) is 0.245. The minimum Gasteiger partial charge on any atom is -0.338 e. The Morgan fingerprint density at radius 2 is 1.85 bits per heavy atom. The van der Waals surface area contributed by atoms with Crippen molar-refractivity contribution >= 4 is 46.4 Å². The van der Waals surface area contributed by atoms with Crippen molar-refractivity contribution < 1.29 is 4.79 Å². The summed E-state index contributed by atoms with van der Waals surface area (Å²) in [4.78, 5) is 48.5. The molecule has 1 aliphatic heterocycles. The summed E-state index contributed by atoms with van der Waals surface area (Å²) in [6, 6.07) is 18.5. The molecule has 39 heavy (non-hydrogen) atoms. The molecule has 0 bridgehead atoms. The number of aromatic nitrogens is 4. The highest BCUT2D eigenvalue weighted by Gasteiger charge is 2.21. The zero-order chi connectivity index (χ0) is 27.4. The van der Waals surface area contributed by atoms with E-state index in [1.807, 2.05) is 42.6 Å². The third-order valence-electron chi connectivity index (χ3n) is 5.75. The lowest BCUT2D eigenvalue weighted by Gasteiger charge is -2.22. The SMILES string of the molecule is C=C.O=C(Nc1ccc2c(c1)Nc1nccc(-c3cccnc3)c1S2)c1ccc(Cn2sc(=O)[nH]c2=O)cc1. The molecule has 0 unspecified atom stereocenters. The van der Waals surface area contributed by atoms with Crippen LogP contribution in [0.3, 0.4) is 0 Å². The summed E-state index contributed by atoms with van der Waals surface area (Å²) < 4.78 is 1.34. The van der Waals surface area contributed by atoms with Gasteiger partial charge in [-0.2, -0.15) is 0 Å². The third-order valence-corrected chi connectivity index (χ3v) is 7.73. The lowest BCUT2D eigenvalue weighted by molar-refractivity contribution is 0.102. The first-order chi connectivity index (χ1) is 19.0. The number of pyridine rings is 2. The number of benzene rings is 2. The lowest BCUT2D eigenvalue weighted by Crippen LogP contribution is -2.17. The Morgan fingerprint density at radius 1 is 1.03 bits per heavy atom. The number of rotatable bonds is 5. The molecule has 2 aromatic carbocycles. The van der Waals surface area contributed by atoms with Gasteiger partial charge < -0.3 is 10.6 Å². The van der Waals surface area contributed by atoms with Gasteiger partial charge in [-0.15, -0.1) is 13.2 Å². The Morgan fingerprint density at radius 3 is 2.56 bits per heavy atom. The number of nitrogens with one attached hydrogen (secondary N) is 3. The van der Waals surface area contributed by atoms with Crippen LogP contribution in [0.2, 0.25) is 0 Å². The maximum absolute atomic E-state index is 12.9. The molecule has 3 aromatic heterocycles. The first-order valence-electron chi connectivity index (χ1n) is 11.7. The normalized spacial score (nSPS) is 11.3. The molecule has 0 saturated carbocycles. The second-order valence-corrected chi connectivity index (χ2v) is 10.3. The van der Waals surface area contributed by atoms with Gasteiger partial charge in [0.1, 0.15) is 5.82 Å². The second-order valence-electron chi connectivity index (χ2n) is 8.21. The molecule has 0 aliphatic carbocycles. The molecule has 3 N–H and O–H groups in total. The minimum absolute atomic E-state index is 0.254. The van der Waals surface area contributed by atoms with Crippen molar-refractivity contribution in [2.45, 2.75) is 16.3 Å². The average Bonchev–Trinajstić information content (AvgIpc) is 3.29. The molecule has 1 aliphatic rings. The van der Waals surface area contributed by atoms with Crippen molar-refractivity contribution in [2.24, 2.45) is 0 Å². The molecule has 11 heteroatoms. The number of aromatic amines is 1. The highest BCUT2D eigenvalue weighted by Crippen LogP contribution is 2.47. The number of amides is 1. The van der Waals surface area contributed by atoms with Gasteiger partial charge in [0, 0.05) is 57.4 Å². The fourth-order valence-electron chi connectivity index (χ4n) is 3.97. The standard InChI is InChI=1S/C26H18N6O3S2.C2H4/c33-24(16-5-3-15(4-6-16)14-32-25(34)31-26(35)37-32)29-18-7-8-21-20(12-18)30-23-22(36-21)19(9-11-28-23)17-2-1-10-27-13-17;1-2/h1-13H,14H2,(H,28,30)(H,29,33)(H,31,34,35);1-2H2. The van der Waals surface area contributed by atoms with Crippen molar-refractivity contribution in [1.82, 2.24) is 18.9 Å². The molecule has 0 spiro atoms. The van der Waals surface area contributed by atoms with Crippen LogP contribution in [0, 0.1) is 0 Å². The third kappa shape index (κ3) is 5.59. The number of H-pyrrole nitrogens is 1. The first kappa shape index (κ1) is 25.9. The Hall–Kier alpha value is -4.74. The van der Waals surface area contributed by atoms with E-state index < -0.39 is 10.6 Å². The summed E-state index contributed by atoms with van der Waals surface area (Å²) in [7, 11) is 0. The first-order valence-corrected chi connectivity index (χ1v) is 13.3. The Kier molecular flexibility index (Phi) is 7.53. The highest BCUT2D eigenvalue weighted by molar-refractivity contribution is 8.00. The molecule has 194 valence electrons. The van der Waals surface area contributed by atoms with Crippen LogP contribution >= 0.6 is 23.3 Å². The van der Waals surface area contributed by atoms with Crippen LogP contribution in [0.1, 0.15) is 15.9 Å². The van der Waals surface area contributed by atoms with E-state index in [-0.39, 0.29) is 12.5 Å². The Labute approximate surface area is 231 Å². The van der Waals surface area contributed by atoms with E-state index in [9.17, 15) is 14.4 Å². The molecule has 9 nitrogen and oxygen atoms in total. The summed E-state index contributed by atoms with van der Waals surface area (Å²) in [5.41, 5.74) is 4.42. The predicted octanol–water partition coefficient (Wildman–Crippen LogP) is 5.37. The summed E-state index contributed by atoms with van der Waals surface area (Å²) in [5.74, 6) is 0.500. The van der Waals surface area contributed by atoms with Gasteiger partial charge in [0.25, 0.3) is 5.91 Å². The van der Waals surface area contributed by atoms with Gasteiger partial charge in [-0.3, -0.25) is 19.6 Å². The summed E-state index contributed by atoms with van der Waals surface area (Å²) in [6.07, 6.45) is 5.35. The van der Waals surface area contributed by atoms with Crippen molar-refractivity contribution in [3.05, 3.63) is 124 Å². The average molecular weight is 555 g/mol. The van der Waals surface area contributed by atoms with Gasteiger partial charge in [-0.25, -0.2) is 13.7 Å². The van der Waals surface area contributed by atoms with Crippen LogP contribution in [-0.4, -0.2) is 24.8 Å². The van der Waals surface area contributed by atoms with Gasteiger partial charge in [0.15, 0.2) is 0 Å². The van der Waals surface area contributed by atoms with Crippen LogP contribution in [0.15, 0.2) is 112 Å². The molecule has 0 saturated heterocycles. The lowest BCUT2D eigenvalue weighted by atomic mass is 10.1. The van der Waals surface area contributed by atoms with Crippen molar-refractivity contribution in [3.8, 4) is 11.1 Å². The van der Waals surface area contributed by atoms with E-state index >= 15 is 0 Å². The van der Waals surface area contributed by atoms with Crippen molar-refractivity contribution in [1.29, 1.82) is 0 Å². The second kappa shape index (κ2) is 11.3. The molecule has 4 heterocycles. The van der Waals surface area contributed by atoms with Crippen LogP contribution in [0.4, 0.5) is 17.2 Å². The monoisotopic (exact) mass is 554 g/mol. The molecule has 0 atom stereocenters. The molecule has 0 fully saturated rings. The van der Waals surface area contributed by atoms with Crippen molar-refractivity contribution in [2.75, 3.05) is 10.6 Å². The van der Waals surface area contributed by atoms with E-state index in [1.54, 1.807) is 48.4 Å². The molecule has 1 amide bonds. The van der Waals surface area contributed by atoms with E-state index in [1.165, 1.54) is 3.96 Å². The fourth-order valence-corrected chi connectivity index (χ4v) is 5.72. The van der Waals surface area contributed by atoms with Gasteiger partial charge in [-0.1, -0.05) is 30.0 Å². The van der Waals surface area contributed by atoms with Gasteiger partial charge in [0.05, 0.1) is 17.1 Å². The molecular weight excluding hydrogens is 532 g/mol. The Balaban J connectivity index is 0.00000151. The zero-order valence-electron chi connectivity index (χ0n) is 20.5. The van der Waals surface area contributed by atoms with Crippen LogP contribution in [-0.2, 0) is 6.54 Å². The van der Waals surface area contributed by atoms with E-state index in [0.29, 0.717) is 11.3 Å². The summed E-state index contributed by atoms with van der Waals surface area (Å²) in [6.45, 7) is 6.26. The molecule has 6 rings (SSSR count). The maximum Gasteiger partial charge on any atom is 0.338 e. The number of hydrogen-bond acceptors (Lipinski definition) is 8. The molecule has 5 aromatic rings. The molecule has 0 radical (unpaired) electrons. The number of fused-ring (bicyclic) bond motifs is 2. The zero-order valence-corrected chi connectivity index (χ0v) is 22.1. The number of hydrogen-bond donors (Lipinski definition) is 3. The predicted molar refractivity (Wildman–Crippen MR) is 155 cm³/mol. The number of anilines is 3. The van der Waals surface area contributed by atoms with E-state index in [4.69, 9.17) is 0 Å². The van der Waals surface area contributed by atoms with Gasteiger partial charge in [-0.05, 0) is 48.0 Å². The largest absolute Gasteiger partial charge is 0.338 e. The van der Waals surface area contributed by atoms with E-state index in [2.05, 4.69) is 38.7 Å². The summed E-state index contributed by atoms with van der Waals surface area (Å²) in [5, 5.41) is 6.32. The topological polar surface area (TPSA) is 122 Å². The van der Waals surface area contributed by atoms with Gasteiger partial charge >= 0.3 is 10.6 Å². The fraction of sp³-hybridized carbons (Fsp3) is 0.0357. The summed E-state index contributed by atoms with van der Waals surface area (Å²) >= 11 is 2.45. The van der Waals surface area contributed by atoms with Crippen LogP contribution in [0.5, 0.6) is 0 Å². The maximum atomic E-state index is 12.9. The van der Waals surface area contributed by atoms with Crippen molar-refractivity contribution in [3.63, 3.8) is 0 Å².